The maximum atomic E-state index is 6.00. The van der Waals surface area contributed by atoms with E-state index >= 15 is 0 Å². The maximum absolute atomic E-state index is 6.00. The van der Waals surface area contributed by atoms with Gasteiger partial charge >= 0.3 is 0 Å². The highest BCUT2D eigenvalue weighted by Crippen LogP contribution is 2.28. The first-order valence-electron chi connectivity index (χ1n) is 7.48. The number of hydrogen-bond acceptors (Lipinski definition) is 4. The fraction of sp³-hybridized carbons (Fsp3) is 0.667. The minimum atomic E-state index is 0.0702. The number of hydrogen-bond donors (Lipinski definition) is 1. The Balaban J connectivity index is 1.60. The first-order chi connectivity index (χ1) is 9.28. The molecule has 1 aliphatic heterocycles. The lowest BCUT2D eigenvalue weighted by Gasteiger charge is -2.36. The molecule has 104 valence electrons. The van der Waals surface area contributed by atoms with E-state index in [1.807, 2.05) is 6.20 Å². The van der Waals surface area contributed by atoms with Gasteiger partial charge in [0.05, 0.1) is 17.6 Å². The molecule has 2 fully saturated rings. The molecule has 4 nitrogen and oxygen atoms in total. The second-order valence-corrected chi connectivity index (χ2v) is 5.71. The predicted molar refractivity (Wildman–Crippen MR) is 78.3 cm³/mol. The van der Waals surface area contributed by atoms with Gasteiger partial charge in [-0.3, -0.25) is 9.88 Å². The van der Waals surface area contributed by atoms with E-state index < -0.39 is 0 Å². The van der Waals surface area contributed by atoms with Crippen LogP contribution in [0.3, 0.4) is 0 Å². The summed E-state index contributed by atoms with van der Waals surface area (Å²) in [6.07, 6.45) is 5.74. The van der Waals surface area contributed by atoms with Crippen molar-refractivity contribution in [3.63, 3.8) is 0 Å². The lowest BCUT2D eigenvalue weighted by molar-refractivity contribution is 0.248. The summed E-state index contributed by atoms with van der Waals surface area (Å²) in [5.41, 5.74) is 8.24. The number of pyridine rings is 1. The van der Waals surface area contributed by atoms with E-state index in [4.69, 9.17) is 5.73 Å². The topological polar surface area (TPSA) is 45.4 Å². The van der Waals surface area contributed by atoms with Crippen molar-refractivity contribution in [2.45, 2.75) is 38.3 Å². The monoisotopic (exact) mass is 260 g/mol. The van der Waals surface area contributed by atoms with Gasteiger partial charge in [-0.1, -0.05) is 6.92 Å². The third kappa shape index (κ3) is 2.90. The highest BCUT2D eigenvalue weighted by Gasteiger charge is 2.31. The van der Waals surface area contributed by atoms with Gasteiger partial charge in [0.1, 0.15) is 0 Å². The van der Waals surface area contributed by atoms with Crippen molar-refractivity contribution >= 4 is 5.69 Å². The van der Waals surface area contributed by atoms with E-state index in [9.17, 15) is 0 Å². The molecular formula is C15H24N4. The van der Waals surface area contributed by atoms with Crippen LogP contribution in [-0.4, -0.2) is 42.1 Å². The van der Waals surface area contributed by atoms with E-state index in [2.05, 4.69) is 33.8 Å². The zero-order valence-corrected chi connectivity index (χ0v) is 11.8. The number of rotatable bonds is 4. The van der Waals surface area contributed by atoms with Gasteiger partial charge in [0.2, 0.25) is 0 Å². The molecule has 1 aliphatic carbocycles. The minimum Gasteiger partial charge on any atom is -0.368 e. The van der Waals surface area contributed by atoms with Gasteiger partial charge in [-0.2, -0.15) is 0 Å². The Hall–Kier alpha value is -1.13. The quantitative estimate of drug-likeness (QED) is 0.896. The Kier molecular flexibility index (Phi) is 3.71. The van der Waals surface area contributed by atoms with Crippen LogP contribution in [0.5, 0.6) is 0 Å². The van der Waals surface area contributed by atoms with Gasteiger partial charge in [0.15, 0.2) is 0 Å². The zero-order valence-electron chi connectivity index (χ0n) is 11.8. The summed E-state index contributed by atoms with van der Waals surface area (Å²) in [6.45, 7) is 6.73. The average Bonchev–Trinajstić information content (AvgIpc) is 3.31. The van der Waals surface area contributed by atoms with Crippen LogP contribution >= 0.6 is 0 Å². The first kappa shape index (κ1) is 12.9. The molecular weight excluding hydrogens is 236 g/mol. The van der Waals surface area contributed by atoms with Crippen LogP contribution in [0.1, 0.15) is 37.9 Å². The van der Waals surface area contributed by atoms with Crippen LogP contribution in [0.2, 0.25) is 0 Å². The van der Waals surface area contributed by atoms with Crippen LogP contribution in [0.4, 0.5) is 5.69 Å². The summed E-state index contributed by atoms with van der Waals surface area (Å²) in [4.78, 5) is 9.58. The van der Waals surface area contributed by atoms with Crippen molar-refractivity contribution in [2.24, 2.45) is 5.73 Å². The SMILES string of the molecule is CCC(N)c1ccc(N2CCN(C3CC3)CC2)cn1. The van der Waals surface area contributed by atoms with Crippen molar-refractivity contribution in [1.29, 1.82) is 0 Å². The lowest BCUT2D eigenvalue weighted by Crippen LogP contribution is -2.47. The molecule has 1 saturated carbocycles. The third-order valence-corrected chi connectivity index (χ3v) is 4.33. The summed E-state index contributed by atoms with van der Waals surface area (Å²) in [7, 11) is 0. The smallest absolute Gasteiger partial charge is 0.0572 e. The van der Waals surface area contributed by atoms with E-state index in [1.165, 1.54) is 31.6 Å². The number of piperazine rings is 1. The summed E-state index contributed by atoms with van der Waals surface area (Å²) < 4.78 is 0. The van der Waals surface area contributed by atoms with Crippen molar-refractivity contribution in [3.8, 4) is 0 Å². The number of aromatic nitrogens is 1. The minimum absolute atomic E-state index is 0.0702. The van der Waals surface area contributed by atoms with Crippen LogP contribution in [-0.2, 0) is 0 Å². The van der Waals surface area contributed by atoms with Crippen LogP contribution < -0.4 is 10.6 Å². The van der Waals surface area contributed by atoms with Gasteiger partial charge in [-0.25, -0.2) is 0 Å². The summed E-state index contributed by atoms with van der Waals surface area (Å²) in [5, 5.41) is 0. The third-order valence-electron chi connectivity index (χ3n) is 4.33. The van der Waals surface area contributed by atoms with Crippen LogP contribution in [0.15, 0.2) is 18.3 Å². The number of nitrogens with two attached hydrogens (primary N) is 1. The molecule has 1 saturated heterocycles. The van der Waals surface area contributed by atoms with Gasteiger partial charge in [-0.05, 0) is 31.4 Å². The van der Waals surface area contributed by atoms with E-state index in [0.717, 1.165) is 31.2 Å². The highest BCUT2D eigenvalue weighted by atomic mass is 15.3. The molecule has 0 radical (unpaired) electrons. The molecule has 2 aliphatic rings. The molecule has 2 heterocycles. The average molecular weight is 260 g/mol. The van der Waals surface area contributed by atoms with E-state index in [1.54, 1.807) is 0 Å². The molecule has 1 aromatic rings. The molecule has 0 aromatic carbocycles. The molecule has 4 heteroatoms. The Morgan fingerprint density at radius 1 is 1.26 bits per heavy atom. The summed E-state index contributed by atoms with van der Waals surface area (Å²) in [6, 6.07) is 5.22. The molecule has 3 rings (SSSR count). The van der Waals surface area contributed by atoms with Crippen molar-refractivity contribution < 1.29 is 0 Å². The molecule has 2 N–H and O–H groups in total. The Labute approximate surface area is 115 Å². The predicted octanol–water partition coefficient (Wildman–Crippen LogP) is 1.78. The normalized spacial score (nSPS) is 22.5. The second kappa shape index (κ2) is 5.47. The number of nitrogens with zero attached hydrogens (tertiary/aromatic N) is 3. The van der Waals surface area contributed by atoms with Crippen LogP contribution in [0, 0.1) is 0 Å². The van der Waals surface area contributed by atoms with Gasteiger partial charge in [-0.15, -0.1) is 0 Å². The van der Waals surface area contributed by atoms with Crippen LogP contribution in [0.25, 0.3) is 0 Å². The molecule has 0 amide bonds. The maximum Gasteiger partial charge on any atom is 0.0572 e. The lowest BCUT2D eigenvalue weighted by atomic mass is 10.1. The highest BCUT2D eigenvalue weighted by molar-refractivity contribution is 5.45. The Morgan fingerprint density at radius 3 is 2.53 bits per heavy atom. The molecule has 1 atom stereocenters. The summed E-state index contributed by atoms with van der Waals surface area (Å²) >= 11 is 0. The fourth-order valence-corrected chi connectivity index (χ4v) is 2.80. The fourth-order valence-electron chi connectivity index (χ4n) is 2.80. The largest absolute Gasteiger partial charge is 0.368 e. The molecule has 1 aromatic heterocycles. The number of anilines is 1. The Morgan fingerprint density at radius 2 is 2.00 bits per heavy atom. The summed E-state index contributed by atoms with van der Waals surface area (Å²) in [5.74, 6) is 0. The van der Waals surface area contributed by atoms with Crippen molar-refractivity contribution in [2.75, 3.05) is 31.1 Å². The van der Waals surface area contributed by atoms with E-state index in [0.29, 0.717) is 0 Å². The second-order valence-electron chi connectivity index (χ2n) is 5.71. The van der Waals surface area contributed by atoms with Crippen molar-refractivity contribution in [1.82, 2.24) is 9.88 Å². The van der Waals surface area contributed by atoms with Gasteiger partial charge < -0.3 is 10.6 Å². The zero-order chi connectivity index (χ0) is 13.2. The molecule has 1 unspecified atom stereocenters. The molecule has 0 bridgehead atoms. The standard InChI is InChI=1S/C15H24N4/c1-2-14(16)15-6-5-13(11-17-15)19-9-7-18(8-10-19)12-3-4-12/h5-6,11-12,14H,2-4,7-10,16H2,1H3. The van der Waals surface area contributed by atoms with Gasteiger partial charge in [0, 0.05) is 38.3 Å². The Bertz CT molecular complexity index is 405. The van der Waals surface area contributed by atoms with Gasteiger partial charge in [0.25, 0.3) is 0 Å². The molecule has 19 heavy (non-hydrogen) atoms. The molecule has 0 spiro atoms. The van der Waals surface area contributed by atoms with Crippen molar-refractivity contribution in [3.05, 3.63) is 24.0 Å². The first-order valence-corrected chi connectivity index (χ1v) is 7.48. The van der Waals surface area contributed by atoms with E-state index in [-0.39, 0.29) is 6.04 Å².